The first-order valence-corrected chi connectivity index (χ1v) is 5.44. The zero-order valence-electron chi connectivity index (χ0n) is 9.00. The maximum atomic E-state index is 9.08. The van der Waals surface area contributed by atoms with E-state index in [4.69, 9.17) is 14.7 Å². The van der Waals surface area contributed by atoms with E-state index in [1.54, 1.807) is 6.20 Å². The number of ether oxygens (including phenoxy) is 2. The Kier molecular flexibility index (Phi) is 3.86. The molecule has 0 saturated carbocycles. The summed E-state index contributed by atoms with van der Waals surface area (Å²) >= 11 is 0. The molecule has 0 radical (unpaired) electrons. The summed E-state index contributed by atoms with van der Waals surface area (Å²) in [4.78, 5) is 4.19. The van der Waals surface area contributed by atoms with E-state index in [2.05, 4.69) is 11.1 Å². The predicted octanol–water partition coefficient (Wildman–Crippen LogP) is 1.84. The quantitative estimate of drug-likeness (QED) is 0.773. The van der Waals surface area contributed by atoms with Crippen molar-refractivity contribution in [3.63, 3.8) is 0 Å². The minimum absolute atomic E-state index is 0.139. The largest absolute Gasteiger partial charge is 0.350 e. The van der Waals surface area contributed by atoms with Crippen molar-refractivity contribution in [2.75, 3.05) is 13.2 Å². The van der Waals surface area contributed by atoms with E-state index in [1.807, 2.05) is 18.2 Å². The molecule has 1 aromatic rings. The Labute approximate surface area is 94.8 Å². The zero-order chi connectivity index (χ0) is 11.2. The minimum Gasteiger partial charge on any atom is -0.350 e. The average Bonchev–Trinajstić information content (AvgIpc) is 2.84. The number of rotatable bonds is 4. The minimum atomic E-state index is -0.172. The maximum absolute atomic E-state index is 9.08. The lowest BCUT2D eigenvalue weighted by molar-refractivity contribution is -0.0481. The Morgan fingerprint density at radius 3 is 2.88 bits per heavy atom. The van der Waals surface area contributed by atoms with Crippen molar-refractivity contribution < 1.29 is 9.47 Å². The Morgan fingerprint density at radius 1 is 1.44 bits per heavy atom. The second-order valence-corrected chi connectivity index (χ2v) is 3.68. The number of nitriles is 1. The van der Waals surface area contributed by atoms with E-state index < -0.39 is 0 Å². The molecule has 0 spiro atoms. The third-order valence-corrected chi connectivity index (χ3v) is 2.58. The molecular weight excluding hydrogens is 204 g/mol. The summed E-state index contributed by atoms with van der Waals surface area (Å²) in [5.74, 6) is -0.172. The van der Waals surface area contributed by atoms with Crippen LogP contribution in [0.15, 0.2) is 24.4 Å². The van der Waals surface area contributed by atoms with Crippen LogP contribution in [0.1, 0.15) is 24.5 Å². The molecule has 1 aromatic heterocycles. The van der Waals surface area contributed by atoms with Crippen LogP contribution < -0.4 is 0 Å². The van der Waals surface area contributed by atoms with Crippen LogP contribution in [0.3, 0.4) is 0 Å². The van der Waals surface area contributed by atoms with E-state index in [1.165, 1.54) is 0 Å². The number of pyridine rings is 1. The van der Waals surface area contributed by atoms with Crippen molar-refractivity contribution in [3.05, 3.63) is 30.1 Å². The SMILES string of the molecule is N#CC(CCC1OCCO1)c1ccccn1. The first-order valence-electron chi connectivity index (χ1n) is 5.44. The molecular formula is C12H14N2O2. The molecule has 1 unspecified atom stereocenters. The van der Waals surface area contributed by atoms with Crippen molar-refractivity contribution in [1.29, 1.82) is 5.26 Å². The van der Waals surface area contributed by atoms with Crippen LogP contribution in [0.5, 0.6) is 0 Å². The van der Waals surface area contributed by atoms with Gasteiger partial charge in [0, 0.05) is 6.20 Å². The molecule has 0 N–H and O–H groups in total. The van der Waals surface area contributed by atoms with Crippen LogP contribution in [-0.4, -0.2) is 24.5 Å². The molecule has 1 atom stereocenters. The van der Waals surface area contributed by atoms with Crippen molar-refractivity contribution in [2.24, 2.45) is 0 Å². The summed E-state index contributed by atoms with van der Waals surface area (Å²) in [5, 5.41) is 9.08. The van der Waals surface area contributed by atoms with Gasteiger partial charge in [-0.25, -0.2) is 0 Å². The Bertz CT molecular complexity index is 355. The van der Waals surface area contributed by atoms with Crippen molar-refractivity contribution in [3.8, 4) is 6.07 Å². The summed E-state index contributed by atoms with van der Waals surface area (Å²) in [6.07, 6.45) is 3.04. The summed E-state index contributed by atoms with van der Waals surface area (Å²) in [6, 6.07) is 7.89. The highest BCUT2D eigenvalue weighted by atomic mass is 16.7. The van der Waals surface area contributed by atoms with Gasteiger partial charge in [-0.05, 0) is 25.0 Å². The van der Waals surface area contributed by atoms with E-state index in [0.717, 1.165) is 18.5 Å². The summed E-state index contributed by atoms with van der Waals surface area (Å²) in [7, 11) is 0. The Balaban J connectivity index is 1.89. The standard InChI is InChI=1S/C12H14N2O2/c13-9-10(11-3-1-2-6-14-11)4-5-12-15-7-8-16-12/h1-3,6,10,12H,4-5,7-8H2. The third kappa shape index (κ3) is 2.78. The van der Waals surface area contributed by atoms with Gasteiger partial charge in [-0.2, -0.15) is 5.26 Å². The molecule has 1 aliphatic rings. The molecule has 4 nitrogen and oxygen atoms in total. The molecule has 1 fully saturated rings. The van der Waals surface area contributed by atoms with E-state index in [-0.39, 0.29) is 12.2 Å². The highest BCUT2D eigenvalue weighted by Gasteiger charge is 2.19. The molecule has 0 aromatic carbocycles. The summed E-state index contributed by atoms with van der Waals surface area (Å²) < 4.78 is 10.7. The van der Waals surface area contributed by atoms with E-state index in [0.29, 0.717) is 13.2 Å². The lowest BCUT2D eigenvalue weighted by Gasteiger charge is -2.11. The number of hydrogen-bond acceptors (Lipinski definition) is 4. The van der Waals surface area contributed by atoms with Gasteiger partial charge in [-0.1, -0.05) is 6.07 Å². The molecule has 2 heterocycles. The van der Waals surface area contributed by atoms with Gasteiger partial charge < -0.3 is 9.47 Å². The van der Waals surface area contributed by atoms with Gasteiger partial charge in [-0.15, -0.1) is 0 Å². The van der Waals surface area contributed by atoms with Gasteiger partial charge in [0.25, 0.3) is 0 Å². The molecule has 0 bridgehead atoms. The van der Waals surface area contributed by atoms with Crippen LogP contribution in [-0.2, 0) is 9.47 Å². The smallest absolute Gasteiger partial charge is 0.157 e. The molecule has 0 amide bonds. The molecule has 1 aliphatic heterocycles. The Hall–Kier alpha value is -1.44. The number of aromatic nitrogens is 1. The second kappa shape index (κ2) is 5.59. The highest BCUT2D eigenvalue weighted by molar-refractivity contribution is 5.16. The third-order valence-electron chi connectivity index (χ3n) is 2.58. The van der Waals surface area contributed by atoms with Crippen LogP contribution in [0.2, 0.25) is 0 Å². The number of nitrogens with zero attached hydrogens (tertiary/aromatic N) is 2. The van der Waals surface area contributed by atoms with Gasteiger partial charge in [0.05, 0.1) is 30.9 Å². The van der Waals surface area contributed by atoms with Crippen LogP contribution in [0.25, 0.3) is 0 Å². The molecule has 16 heavy (non-hydrogen) atoms. The lowest BCUT2D eigenvalue weighted by atomic mass is 10.0. The van der Waals surface area contributed by atoms with Gasteiger partial charge in [0.1, 0.15) is 0 Å². The van der Waals surface area contributed by atoms with Crippen LogP contribution in [0.4, 0.5) is 0 Å². The molecule has 4 heteroatoms. The molecule has 1 saturated heterocycles. The van der Waals surface area contributed by atoms with Crippen LogP contribution >= 0.6 is 0 Å². The fourth-order valence-electron chi connectivity index (χ4n) is 1.74. The normalized spacial score (nSPS) is 18.2. The van der Waals surface area contributed by atoms with Crippen molar-refractivity contribution >= 4 is 0 Å². The fraction of sp³-hybridized carbons (Fsp3) is 0.500. The summed E-state index contributed by atoms with van der Waals surface area (Å²) in [5.41, 5.74) is 0.822. The van der Waals surface area contributed by atoms with Gasteiger partial charge in [0.15, 0.2) is 6.29 Å². The van der Waals surface area contributed by atoms with Gasteiger partial charge in [-0.3, -0.25) is 4.98 Å². The van der Waals surface area contributed by atoms with Gasteiger partial charge >= 0.3 is 0 Å². The van der Waals surface area contributed by atoms with Crippen molar-refractivity contribution in [2.45, 2.75) is 25.0 Å². The topological polar surface area (TPSA) is 55.1 Å². The first kappa shape index (κ1) is 11.1. The second-order valence-electron chi connectivity index (χ2n) is 3.68. The van der Waals surface area contributed by atoms with Crippen molar-refractivity contribution in [1.82, 2.24) is 4.98 Å². The molecule has 84 valence electrons. The predicted molar refractivity (Wildman–Crippen MR) is 57.5 cm³/mol. The zero-order valence-corrected chi connectivity index (χ0v) is 9.00. The van der Waals surface area contributed by atoms with Crippen LogP contribution in [0, 0.1) is 11.3 Å². The monoisotopic (exact) mass is 218 g/mol. The highest BCUT2D eigenvalue weighted by Crippen LogP contribution is 2.21. The van der Waals surface area contributed by atoms with E-state index in [9.17, 15) is 0 Å². The molecule has 0 aliphatic carbocycles. The first-order chi connectivity index (χ1) is 7.90. The summed E-state index contributed by atoms with van der Waals surface area (Å²) in [6.45, 7) is 1.32. The molecule has 2 rings (SSSR count). The Morgan fingerprint density at radius 2 is 2.25 bits per heavy atom. The lowest BCUT2D eigenvalue weighted by Crippen LogP contribution is -2.10. The number of hydrogen-bond donors (Lipinski definition) is 0. The van der Waals surface area contributed by atoms with E-state index >= 15 is 0 Å². The van der Waals surface area contributed by atoms with Gasteiger partial charge in [0.2, 0.25) is 0 Å². The average molecular weight is 218 g/mol. The fourth-order valence-corrected chi connectivity index (χ4v) is 1.74. The maximum Gasteiger partial charge on any atom is 0.157 e.